The number of nitrogens with zero attached hydrogens (tertiary/aromatic N) is 2. The molecular formula is C12H12N2O2. The van der Waals surface area contributed by atoms with Crippen molar-refractivity contribution in [1.82, 2.24) is 9.55 Å². The van der Waals surface area contributed by atoms with Gasteiger partial charge in [-0.2, -0.15) is 0 Å². The Labute approximate surface area is 93.5 Å². The zero-order valence-corrected chi connectivity index (χ0v) is 8.96. The lowest BCUT2D eigenvalue weighted by atomic mass is 10.2. The van der Waals surface area contributed by atoms with Gasteiger partial charge in [-0.05, 0) is 12.1 Å². The minimum Gasteiger partial charge on any atom is -0.485 e. The Morgan fingerprint density at radius 3 is 2.94 bits per heavy atom. The van der Waals surface area contributed by atoms with Gasteiger partial charge < -0.3 is 9.30 Å². The molecule has 0 spiro atoms. The van der Waals surface area contributed by atoms with Crippen LogP contribution in [0.1, 0.15) is 16.2 Å². The summed E-state index contributed by atoms with van der Waals surface area (Å²) < 4.78 is 7.42. The summed E-state index contributed by atoms with van der Waals surface area (Å²) in [6, 6.07) is 7.13. The van der Waals surface area contributed by atoms with Crippen molar-refractivity contribution < 1.29 is 9.53 Å². The second-order valence-corrected chi connectivity index (χ2v) is 3.40. The summed E-state index contributed by atoms with van der Waals surface area (Å²) in [6.07, 6.45) is 4.35. The Kier molecular flexibility index (Phi) is 3.00. The minimum absolute atomic E-state index is 0.356. The average molecular weight is 216 g/mol. The highest BCUT2D eigenvalue weighted by molar-refractivity contribution is 5.79. The third-order valence-electron chi connectivity index (χ3n) is 2.32. The van der Waals surface area contributed by atoms with Crippen molar-refractivity contribution in [1.29, 1.82) is 0 Å². The smallest absolute Gasteiger partial charge is 0.153 e. The molecule has 0 aliphatic heterocycles. The number of carbonyl (C=O) groups excluding carboxylic acids is 1. The van der Waals surface area contributed by atoms with Crippen molar-refractivity contribution in [3.05, 3.63) is 48.0 Å². The Morgan fingerprint density at radius 2 is 2.25 bits per heavy atom. The summed E-state index contributed by atoms with van der Waals surface area (Å²) in [5, 5.41) is 0. The zero-order valence-electron chi connectivity index (χ0n) is 8.96. The second kappa shape index (κ2) is 4.61. The largest absolute Gasteiger partial charge is 0.485 e. The van der Waals surface area contributed by atoms with Gasteiger partial charge in [-0.3, -0.25) is 4.79 Å². The van der Waals surface area contributed by atoms with E-state index in [1.807, 2.05) is 23.9 Å². The standard InChI is InChI=1S/C12H12N2O2/c1-14-7-6-13-12(14)9-16-11-5-3-2-4-10(11)8-15/h2-8H,9H2,1H3. The first-order valence-electron chi connectivity index (χ1n) is 4.94. The molecule has 0 saturated heterocycles. The van der Waals surface area contributed by atoms with Gasteiger partial charge in [-0.1, -0.05) is 12.1 Å². The number of aldehydes is 1. The molecule has 0 saturated carbocycles. The number of hydrogen-bond acceptors (Lipinski definition) is 3. The van der Waals surface area contributed by atoms with E-state index in [-0.39, 0.29) is 0 Å². The number of ether oxygens (including phenoxy) is 1. The number of aryl methyl sites for hydroxylation is 1. The lowest BCUT2D eigenvalue weighted by molar-refractivity contribution is 0.111. The highest BCUT2D eigenvalue weighted by Gasteiger charge is 2.04. The molecule has 82 valence electrons. The van der Waals surface area contributed by atoms with Crippen molar-refractivity contribution in [2.24, 2.45) is 7.05 Å². The predicted octanol–water partition coefficient (Wildman–Crippen LogP) is 1.81. The third-order valence-corrected chi connectivity index (χ3v) is 2.32. The van der Waals surface area contributed by atoms with E-state index in [0.717, 1.165) is 12.1 Å². The summed E-state index contributed by atoms with van der Waals surface area (Å²) in [5.74, 6) is 1.40. The first kappa shape index (κ1) is 10.4. The number of benzene rings is 1. The van der Waals surface area contributed by atoms with Crippen LogP contribution < -0.4 is 4.74 Å². The van der Waals surface area contributed by atoms with E-state index in [0.29, 0.717) is 17.9 Å². The third kappa shape index (κ3) is 2.11. The van der Waals surface area contributed by atoms with Crippen LogP contribution in [-0.4, -0.2) is 15.8 Å². The number of hydrogen-bond donors (Lipinski definition) is 0. The fourth-order valence-electron chi connectivity index (χ4n) is 1.39. The maximum atomic E-state index is 10.8. The van der Waals surface area contributed by atoms with Crippen molar-refractivity contribution >= 4 is 6.29 Å². The first-order valence-corrected chi connectivity index (χ1v) is 4.94. The van der Waals surface area contributed by atoms with Gasteiger partial charge in [0.2, 0.25) is 0 Å². The zero-order chi connectivity index (χ0) is 11.4. The summed E-state index contributed by atoms with van der Waals surface area (Å²) in [7, 11) is 1.90. The van der Waals surface area contributed by atoms with Gasteiger partial charge in [0, 0.05) is 19.4 Å². The van der Waals surface area contributed by atoms with E-state index in [1.165, 1.54) is 0 Å². The number of para-hydroxylation sites is 1. The van der Waals surface area contributed by atoms with Gasteiger partial charge in [-0.15, -0.1) is 0 Å². The van der Waals surface area contributed by atoms with Gasteiger partial charge in [0.25, 0.3) is 0 Å². The molecule has 0 aliphatic rings. The Bertz CT molecular complexity index is 491. The maximum Gasteiger partial charge on any atom is 0.153 e. The van der Waals surface area contributed by atoms with Crippen LogP contribution >= 0.6 is 0 Å². The molecule has 2 rings (SSSR count). The van der Waals surface area contributed by atoms with E-state index in [2.05, 4.69) is 4.98 Å². The first-order chi connectivity index (χ1) is 7.81. The number of aromatic nitrogens is 2. The van der Waals surface area contributed by atoms with Crippen molar-refractivity contribution in [3.63, 3.8) is 0 Å². The highest BCUT2D eigenvalue weighted by Crippen LogP contribution is 2.16. The minimum atomic E-state index is 0.356. The number of carbonyl (C=O) groups is 1. The molecule has 0 N–H and O–H groups in total. The van der Waals surface area contributed by atoms with E-state index >= 15 is 0 Å². The van der Waals surface area contributed by atoms with Crippen molar-refractivity contribution in [3.8, 4) is 5.75 Å². The normalized spacial score (nSPS) is 10.1. The molecule has 1 aromatic carbocycles. The van der Waals surface area contributed by atoms with Crippen LogP contribution in [0, 0.1) is 0 Å². The van der Waals surface area contributed by atoms with Crippen LogP contribution in [0.15, 0.2) is 36.7 Å². The molecule has 0 amide bonds. The van der Waals surface area contributed by atoms with Crippen LogP contribution in [0.2, 0.25) is 0 Å². The molecule has 1 aromatic heterocycles. The number of rotatable bonds is 4. The molecule has 0 aliphatic carbocycles. The molecule has 4 nitrogen and oxygen atoms in total. The predicted molar refractivity (Wildman–Crippen MR) is 59.4 cm³/mol. The molecule has 0 fully saturated rings. The Balaban J connectivity index is 2.10. The monoisotopic (exact) mass is 216 g/mol. The van der Waals surface area contributed by atoms with Crippen LogP contribution in [0.25, 0.3) is 0 Å². The molecule has 16 heavy (non-hydrogen) atoms. The average Bonchev–Trinajstić information content (AvgIpc) is 2.72. The summed E-state index contributed by atoms with van der Waals surface area (Å²) >= 11 is 0. The van der Waals surface area contributed by atoms with Gasteiger partial charge in [0.15, 0.2) is 6.29 Å². The van der Waals surface area contributed by atoms with Gasteiger partial charge >= 0.3 is 0 Å². The SMILES string of the molecule is Cn1ccnc1COc1ccccc1C=O. The summed E-state index contributed by atoms with van der Waals surface area (Å²) in [5.41, 5.74) is 0.553. The van der Waals surface area contributed by atoms with Crippen molar-refractivity contribution in [2.45, 2.75) is 6.61 Å². The molecule has 0 atom stereocenters. The maximum absolute atomic E-state index is 10.8. The topological polar surface area (TPSA) is 44.1 Å². The van der Waals surface area contributed by atoms with E-state index in [1.54, 1.807) is 24.4 Å². The molecule has 0 unspecified atom stereocenters. The molecule has 0 radical (unpaired) electrons. The van der Waals surface area contributed by atoms with Crippen LogP contribution in [-0.2, 0) is 13.7 Å². The fraction of sp³-hybridized carbons (Fsp3) is 0.167. The van der Waals surface area contributed by atoms with Crippen LogP contribution in [0.3, 0.4) is 0 Å². The molecule has 4 heteroatoms. The van der Waals surface area contributed by atoms with Crippen LogP contribution in [0.5, 0.6) is 5.75 Å². The Hall–Kier alpha value is -2.10. The van der Waals surface area contributed by atoms with Gasteiger partial charge in [0.1, 0.15) is 18.2 Å². The fourth-order valence-corrected chi connectivity index (χ4v) is 1.39. The van der Waals surface area contributed by atoms with E-state index < -0.39 is 0 Å². The number of imidazole rings is 1. The molecule has 1 heterocycles. The Morgan fingerprint density at radius 1 is 1.44 bits per heavy atom. The summed E-state index contributed by atoms with van der Waals surface area (Å²) in [4.78, 5) is 14.9. The molecule has 2 aromatic rings. The quantitative estimate of drug-likeness (QED) is 0.732. The van der Waals surface area contributed by atoms with E-state index in [4.69, 9.17) is 4.74 Å². The summed E-state index contributed by atoms with van der Waals surface area (Å²) in [6.45, 7) is 0.356. The van der Waals surface area contributed by atoms with Gasteiger partial charge in [0.05, 0.1) is 5.56 Å². The van der Waals surface area contributed by atoms with E-state index in [9.17, 15) is 4.79 Å². The van der Waals surface area contributed by atoms with Crippen molar-refractivity contribution in [2.75, 3.05) is 0 Å². The van der Waals surface area contributed by atoms with Crippen LogP contribution in [0.4, 0.5) is 0 Å². The van der Waals surface area contributed by atoms with Gasteiger partial charge in [-0.25, -0.2) is 4.98 Å². The lowest BCUT2D eigenvalue weighted by Gasteiger charge is -2.07. The molecular weight excluding hydrogens is 204 g/mol. The lowest BCUT2D eigenvalue weighted by Crippen LogP contribution is -2.04. The molecule has 0 bridgehead atoms. The second-order valence-electron chi connectivity index (χ2n) is 3.40. The highest BCUT2D eigenvalue weighted by atomic mass is 16.5.